The zero-order chi connectivity index (χ0) is 14.0. The molecule has 19 heavy (non-hydrogen) atoms. The van der Waals surface area contributed by atoms with E-state index in [4.69, 9.17) is 0 Å². The minimum absolute atomic E-state index is 0.433. The van der Waals surface area contributed by atoms with Crippen molar-refractivity contribution in [2.45, 2.75) is 59.2 Å². The fourth-order valence-electron chi connectivity index (χ4n) is 3.26. The molecular formula is C15H28N4. The fraction of sp³-hybridized carbons (Fsp3) is 0.800. The van der Waals surface area contributed by atoms with Crippen LogP contribution in [0.5, 0.6) is 0 Å². The Morgan fingerprint density at radius 3 is 2.74 bits per heavy atom. The molecule has 2 unspecified atom stereocenters. The first-order valence-electron chi connectivity index (χ1n) is 7.52. The summed E-state index contributed by atoms with van der Waals surface area (Å²) >= 11 is 0. The van der Waals surface area contributed by atoms with Crippen molar-refractivity contribution in [1.29, 1.82) is 0 Å². The first-order valence-corrected chi connectivity index (χ1v) is 7.52. The third-order valence-electron chi connectivity index (χ3n) is 4.49. The lowest BCUT2D eigenvalue weighted by molar-refractivity contribution is 0.237. The molecule has 0 bridgehead atoms. The molecule has 4 nitrogen and oxygen atoms in total. The highest BCUT2D eigenvalue weighted by molar-refractivity contribution is 5.27. The van der Waals surface area contributed by atoms with E-state index in [1.807, 2.05) is 0 Å². The molecule has 0 radical (unpaired) electrons. The van der Waals surface area contributed by atoms with Crippen molar-refractivity contribution in [3.05, 3.63) is 17.0 Å². The van der Waals surface area contributed by atoms with Gasteiger partial charge >= 0.3 is 0 Å². The van der Waals surface area contributed by atoms with Crippen LogP contribution in [0.3, 0.4) is 0 Å². The summed E-state index contributed by atoms with van der Waals surface area (Å²) in [6, 6.07) is 1.09. The summed E-state index contributed by atoms with van der Waals surface area (Å²) in [4.78, 5) is 2.46. The van der Waals surface area contributed by atoms with Gasteiger partial charge in [0.25, 0.3) is 0 Å². The Bertz CT molecular complexity index is 418. The molecule has 2 heterocycles. The monoisotopic (exact) mass is 264 g/mol. The van der Waals surface area contributed by atoms with E-state index in [9.17, 15) is 0 Å². The summed E-state index contributed by atoms with van der Waals surface area (Å²) in [5.41, 5.74) is 3.90. The molecule has 1 aliphatic heterocycles. The summed E-state index contributed by atoms with van der Waals surface area (Å²) in [5.74, 6) is 0. The number of nitrogens with one attached hydrogen (secondary N) is 1. The molecule has 1 aromatic rings. The minimum atomic E-state index is 0.433. The predicted octanol–water partition coefficient (Wildman–Crippen LogP) is 2.26. The van der Waals surface area contributed by atoms with Crippen LogP contribution in [0.25, 0.3) is 0 Å². The SMILES string of the molecule is CCn1nc(C)c(C(C)N(C)CC2CCCN2)c1C. The molecule has 2 rings (SSSR count). The summed E-state index contributed by atoms with van der Waals surface area (Å²) in [6.45, 7) is 12.0. The van der Waals surface area contributed by atoms with Gasteiger partial charge in [0.1, 0.15) is 0 Å². The number of hydrogen-bond acceptors (Lipinski definition) is 3. The molecule has 1 N–H and O–H groups in total. The minimum Gasteiger partial charge on any atom is -0.313 e. The number of hydrogen-bond donors (Lipinski definition) is 1. The second-order valence-electron chi connectivity index (χ2n) is 5.81. The van der Waals surface area contributed by atoms with Gasteiger partial charge in [-0.1, -0.05) is 0 Å². The molecule has 1 saturated heterocycles. The van der Waals surface area contributed by atoms with Crippen molar-refractivity contribution in [1.82, 2.24) is 20.0 Å². The molecule has 4 heteroatoms. The highest BCUT2D eigenvalue weighted by Gasteiger charge is 2.23. The molecule has 1 aliphatic rings. The standard InChI is InChI=1S/C15H28N4/c1-6-19-13(4)15(11(2)17-19)12(3)18(5)10-14-8-7-9-16-14/h12,14,16H,6-10H2,1-5H3. The lowest BCUT2D eigenvalue weighted by atomic mass is 10.0. The maximum Gasteiger partial charge on any atom is 0.0644 e. The van der Waals surface area contributed by atoms with E-state index in [-0.39, 0.29) is 0 Å². The van der Waals surface area contributed by atoms with Crippen LogP contribution in [0, 0.1) is 13.8 Å². The van der Waals surface area contributed by atoms with Gasteiger partial charge in [-0.25, -0.2) is 0 Å². The first-order chi connectivity index (χ1) is 9.04. The third kappa shape index (κ3) is 3.00. The van der Waals surface area contributed by atoms with Crippen LogP contribution in [0.4, 0.5) is 0 Å². The van der Waals surface area contributed by atoms with E-state index in [1.165, 1.54) is 36.3 Å². The molecule has 0 aromatic carbocycles. The maximum absolute atomic E-state index is 4.64. The Hall–Kier alpha value is -0.870. The first kappa shape index (κ1) is 14.5. The topological polar surface area (TPSA) is 33.1 Å². The second-order valence-corrected chi connectivity index (χ2v) is 5.81. The van der Waals surface area contributed by atoms with Gasteiger partial charge in [-0.2, -0.15) is 5.10 Å². The number of aromatic nitrogens is 2. The lowest BCUT2D eigenvalue weighted by Crippen LogP contribution is -2.36. The van der Waals surface area contributed by atoms with E-state index in [0.717, 1.165) is 13.1 Å². The van der Waals surface area contributed by atoms with Crippen LogP contribution in [-0.4, -0.2) is 40.9 Å². The Morgan fingerprint density at radius 1 is 1.47 bits per heavy atom. The fourth-order valence-corrected chi connectivity index (χ4v) is 3.26. The highest BCUT2D eigenvalue weighted by Crippen LogP contribution is 2.26. The van der Waals surface area contributed by atoms with E-state index in [2.05, 4.69) is 54.7 Å². The van der Waals surface area contributed by atoms with E-state index in [0.29, 0.717) is 12.1 Å². The summed E-state index contributed by atoms with van der Waals surface area (Å²) in [5, 5.41) is 8.22. The Balaban J connectivity index is 2.09. The molecule has 1 aromatic heterocycles. The number of likely N-dealkylation sites (N-methyl/N-ethyl adjacent to an activating group) is 1. The van der Waals surface area contributed by atoms with Gasteiger partial charge in [0.15, 0.2) is 0 Å². The number of aryl methyl sites for hydroxylation is 2. The van der Waals surface area contributed by atoms with Crippen LogP contribution in [0.1, 0.15) is 49.7 Å². The van der Waals surface area contributed by atoms with Gasteiger partial charge in [0.2, 0.25) is 0 Å². The van der Waals surface area contributed by atoms with Crippen molar-refractivity contribution in [3.8, 4) is 0 Å². The van der Waals surface area contributed by atoms with Crippen LogP contribution in [0.2, 0.25) is 0 Å². The van der Waals surface area contributed by atoms with E-state index >= 15 is 0 Å². The molecule has 0 aliphatic carbocycles. The highest BCUT2D eigenvalue weighted by atomic mass is 15.3. The molecule has 1 fully saturated rings. The summed E-state index contributed by atoms with van der Waals surface area (Å²) in [7, 11) is 2.23. The number of rotatable bonds is 5. The average Bonchev–Trinajstić information content (AvgIpc) is 2.97. The zero-order valence-electron chi connectivity index (χ0n) is 13.0. The van der Waals surface area contributed by atoms with E-state index in [1.54, 1.807) is 0 Å². The van der Waals surface area contributed by atoms with Gasteiger partial charge in [-0.3, -0.25) is 9.58 Å². The average molecular weight is 264 g/mol. The maximum atomic E-state index is 4.64. The van der Waals surface area contributed by atoms with Gasteiger partial charge in [-0.15, -0.1) is 0 Å². The molecule has 108 valence electrons. The predicted molar refractivity (Wildman–Crippen MR) is 79.4 cm³/mol. The van der Waals surface area contributed by atoms with Gasteiger partial charge in [0, 0.05) is 36.4 Å². The van der Waals surface area contributed by atoms with Crippen LogP contribution in [-0.2, 0) is 6.54 Å². The second kappa shape index (κ2) is 6.06. The normalized spacial score (nSPS) is 21.3. The van der Waals surface area contributed by atoms with Gasteiger partial charge in [0.05, 0.1) is 5.69 Å². The molecule has 0 spiro atoms. The molecule has 2 atom stereocenters. The van der Waals surface area contributed by atoms with Gasteiger partial charge < -0.3 is 5.32 Å². The lowest BCUT2D eigenvalue weighted by Gasteiger charge is -2.28. The largest absolute Gasteiger partial charge is 0.313 e. The molecule has 0 saturated carbocycles. The van der Waals surface area contributed by atoms with Crippen LogP contribution in [0.15, 0.2) is 0 Å². The quantitative estimate of drug-likeness (QED) is 0.885. The van der Waals surface area contributed by atoms with Crippen molar-refractivity contribution in [3.63, 3.8) is 0 Å². The van der Waals surface area contributed by atoms with Crippen molar-refractivity contribution < 1.29 is 0 Å². The summed E-state index contributed by atoms with van der Waals surface area (Å²) in [6.07, 6.45) is 2.63. The Labute approximate surface area is 117 Å². The zero-order valence-corrected chi connectivity index (χ0v) is 13.0. The van der Waals surface area contributed by atoms with E-state index < -0.39 is 0 Å². The van der Waals surface area contributed by atoms with Crippen molar-refractivity contribution in [2.75, 3.05) is 20.1 Å². The third-order valence-corrected chi connectivity index (χ3v) is 4.49. The van der Waals surface area contributed by atoms with Crippen LogP contribution >= 0.6 is 0 Å². The Kier molecular flexibility index (Phi) is 4.63. The van der Waals surface area contributed by atoms with Gasteiger partial charge in [-0.05, 0) is 54.1 Å². The molecule has 0 amide bonds. The van der Waals surface area contributed by atoms with Crippen molar-refractivity contribution in [2.24, 2.45) is 0 Å². The van der Waals surface area contributed by atoms with Crippen molar-refractivity contribution >= 4 is 0 Å². The Morgan fingerprint density at radius 2 is 2.21 bits per heavy atom. The smallest absolute Gasteiger partial charge is 0.0644 e. The van der Waals surface area contributed by atoms with Crippen LogP contribution < -0.4 is 5.32 Å². The number of nitrogens with zero attached hydrogens (tertiary/aromatic N) is 3. The molecular weight excluding hydrogens is 236 g/mol. The summed E-state index contributed by atoms with van der Waals surface area (Å²) < 4.78 is 2.11.